The van der Waals surface area contributed by atoms with E-state index in [1.54, 1.807) is 18.2 Å². The van der Waals surface area contributed by atoms with E-state index >= 15 is 0 Å². The summed E-state index contributed by atoms with van der Waals surface area (Å²) in [5.41, 5.74) is 0.331. The van der Waals surface area contributed by atoms with Gasteiger partial charge in [0, 0.05) is 10.5 Å². The zero-order valence-corrected chi connectivity index (χ0v) is 13.5. The van der Waals surface area contributed by atoms with Crippen LogP contribution in [0.5, 0.6) is 0 Å². The van der Waals surface area contributed by atoms with Crippen LogP contribution in [0.2, 0.25) is 0 Å². The fourth-order valence-corrected chi connectivity index (χ4v) is 2.40. The Morgan fingerprint density at radius 3 is 2.75 bits per heavy atom. The highest BCUT2D eigenvalue weighted by atomic mass is 79.9. The van der Waals surface area contributed by atoms with E-state index in [0.717, 1.165) is 0 Å². The first-order valence-corrected chi connectivity index (χ1v) is 7.10. The highest BCUT2D eigenvalue weighted by Crippen LogP contribution is 2.34. The quantitative estimate of drug-likeness (QED) is 0.546. The van der Waals surface area contributed by atoms with E-state index in [2.05, 4.69) is 36.6 Å². The number of benzene rings is 1. The van der Waals surface area contributed by atoms with Gasteiger partial charge in [-0.2, -0.15) is 0 Å². The molecule has 1 aromatic carbocycles. The van der Waals surface area contributed by atoms with Gasteiger partial charge in [-0.05, 0) is 46.3 Å². The van der Waals surface area contributed by atoms with Crippen LogP contribution in [-0.2, 0) is 9.53 Å². The smallest absolute Gasteiger partial charge is 0.330 e. The maximum atomic E-state index is 13.9. The number of rotatable bonds is 3. The lowest BCUT2D eigenvalue weighted by Gasteiger charge is -2.01. The first-order chi connectivity index (χ1) is 9.51. The Kier molecular flexibility index (Phi) is 4.77. The van der Waals surface area contributed by atoms with Gasteiger partial charge in [-0.25, -0.2) is 9.18 Å². The van der Waals surface area contributed by atoms with Crippen molar-refractivity contribution >= 4 is 43.9 Å². The molecule has 0 unspecified atom stereocenters. The molecule has 0 N–H and O–H groups in total. The van der Waals surface area contributed by atoms with Gasteiger partial charge in [0.1, 0.15) is 11.6 Å². The van der Waals surface area contributed by atoms with Crippen LogP contribution in [0.15, 0.2) is 43.7 Å². The van der Waals surface area contributed by atoms with Crippen molar-refractivity contribution in [1.82, 2.24) is 0 Å². The Morgan fingerprint density at radius 1 is 1.35 bits per heavy atom. The lowest BCUT2D eigenvalue weighted by molar-refractivity contribution is -0.134. The van der Waals surface area contributed by atoms with Crippen LogP contribution in [0.1, 0.15) is 5.76 Å². The largest absolute Gasteiger partial charge is 0.466 e. The summed E-state index contributed by atoms with van der Waals surface area (Å²) >= 11 is 6.50. The Balaban J connectivity index is 2.36. The molecule has 0 bridgehead atoms. The van der Waals surface area contributed by atoms with E-state index in [-0.39, 0.29) is 0 Å². The van der Waals surface area contributed by atoms with Crippen molar-refractivity contribution in [3.05, 3.63) is 50.9 Å². The minimum absolute atomic E-state index is 0.331. The molecule has 2 rings (SSSR count). The van der Waals surface area contributed by atoms with Crippen LogP contribution in [0.25, 0.3) is 17.4 Å². The van der Waals surface area contributed by atoms with Crippen molar-refractivity contribution < 1.29 is 18.3 Å². The van der Waals surface area contributed by atoms with E-state index < -0.39 is 11.8 Å². The molecule has 3 nitrogen and oxygen atoms in total. The van der Waals surface area contributed by atoms with Gasteiger partial charge in [0.15, 0.2) is 5.76 Å². The second kappa shape index (κ2) is 6.37. The van der Waals surface area contributed by atoms with Crippen molar-refractivity contribution in [2.24, 2.45) is 0 Å². The van der Waals surface area contributed by atoms with Crippen LogP contribution < -0.4 is 0 Å². The predicted octanol–water partition coefficient (Wildman–Crippen LogP) is 4.80. The summed E-state index contributed by atoms with van der Waals surface area (Å²) in [4.78, 5) is 11.0. The molecular formula is C14H9Br2FO3. The molecule has 20 heavy (non-hydrogen) atoms. The lowest BCUT2D eigenvalue weighted by Crippen LogP contribution is -1.92. The third kappa shape index (κ3) is 3.37. The molecule has 0 spiro atoms. The molecule has 0 atom stereocenters. The number of carbonyl (C=O) groups is 1. The number of carbonyl (C=O) groups excluding carboxylic acids is 1. The summed E-state index contributed by atoms with van der Waals surface area (Å²) in [5, 5.41) is 0. The minimum atomic E-state index is -0.492. The Morgan fingerprint density at radius 2 is 2.10 bits per heavy atom. The van der Waals surface area contributed by atoms with Crippen LogP contribution in [0, 0.1) is 5.82 Å². The number of methoxy groups -OCH3 is 1. The molecular weight excluding hydrogens is 395 g/mol. The molecule has 0 fully saturated rings. The minimum Gasteiger partial charge on any atom is -0.466 e. The molecule has 1 heterocycles. The predicted molar refractivity (Wildman–Crippen MR) is 80.6 cm³/mol. The molecule has 0 amide bonds. The van der Waals surface area contributed by atoms with E-state index in [1.165, 1.54) is 25.3 Å². The number of hydrogen-bond donors (Lipinski definition) is 0. The van der Waals surface area contributed by atoms with Gasteiger partial charge in [0.05, 0.1) is 17.1 Å². The molecule has 1 aromatic heterocycles. The average molecular weight is 404 g/mol. The number of furan rings is 1. The van der Waals surface area contributed by atoms with Gasteiger partial charge in [-0.1, -0.05) is 15.9 Å². The topological polar surface area (TPSA) is 39.4 Å². The van der Waals surface area contributed by atoms with E-state index in [0.29, 0.717) is 26.0 Å². The van der Waals surface area contributed by atoms with E-state index in [1.807, 2.05) is 0 Å². The maximum absolute atomic E-state index is 13.9. The van der Waals surface area contributed by atoms with Gasteiger partial charge >= 0.3 is 5.97 Å². The Labute approximate surface area is 131 Å². The first-order valence-electron chi connectivity index (χ1n) is 5.52. The van der Waals surface area contributed by atoms with Gasteiger partial charge in [-0.15, -0.1) is 0 Å². The fourth-order valence-electron chi connectivity index (χ4n) is 1.54. The summed E-state index contributed by atoms with van der Waals surface area (Å²) in [7, 11) is 1.29. The second-order valence-corrected chi connectivity index (χ2v) is 5.58. The van der Waals surface area contributed by atoms with Crippen molar-refractivity contribution in [2.75, 3.05) is 7.11 Å². The molecule has 6 heteroatoms. The summed E-state index contributed by atoms with van der Waals surface area (Å²) < 4.78 is 25.1. The highest BCUT2D eigenvalue weighted by Gasteiger charge is 2.14. The standard InChI is InChI=1S/C14H9Br2FO3/c1-19-13(18)5-3-9-7-11(16)14(20-9)10-4-2-8(15)6-12(10)17/h2-7H,1H3/b5-3+. The summed E-state index contributed by atoms with van der Waals surface area (Å²) in [6.07, 6.45) is 2.68. The normalized spacial score (nSPS) is 11.0. The Bertz CT molecular complexity index is 677. The first kappa shape index (κ1) is 15.0. The van der Waals surface area contributed by atoms with Crippen molar-refractivity contribution in [1.29, 1.82) is 0 Å². The zero-order valence-electron chi connectivity index (χ0n) is 10.3. The van der Waals surface area contributed by atoms with Gasteiger partial charge in [0.25, 0.3) is 0 Å². The number of esters is 1. The molecule has 2 aromatic rings. The molecule has 0 aliphatic heterocycles. The molecule has 104 valence electrons. The lowest BCUT2D eigenvalue weighted by atomic mass is 10.1. The van der Waals surface area contributed by atoms with Crippen LogP contribution in [-0.4, -0.2) is 13.1 Å². The Hall–Kier alpha value is -1.40. The van der Waals surface area contributed by atoms with Crippen LogP contribution >= 0.6 is 31.9 Å². The molecule has 0 aliphatic rings. The number of hydrogen-bond acceptors (Lipinski definition) is 3. The zero-order chi connectivity index (χ0) is 14.7. The molecule has 0 saturated heterocycles. The van der Waals surface area contributed by atoms with Crippen LogP contribution in [0.4, 0.5) is 4.39 Å². The summed E-state index contributed by atoms with van der Waals surface area (Å²) in [5.74, 6) is -0.120. The van der Waals surface area contributed by atoms with E-state index in [9.17, 15) is 9.18 Å². The molecule has 0 aliphatic carbocycles. The van der Waals surface area contributed by atoms with Gasteiger partial charge in [-0.3, -0.25) is 0 Å². The molecule has 0 radical (unpaired) electrons. The van der Waals surface area contributed by atoms with Gasteiger partial charge in [0.2, 0.25) is 0 Å². The van der Waals surface area contributed by atoms with Crippen molar-refractivity contribution in [3.8, 4) is 11.3 Å². The molecule has 0 saturated carbocycles. The fraction of sp³-hybridized carbons (Fsp3) is 0.0714. The third-order valence-electron chi connectivity index (χ3n) is 2.47. The maximum Gasteiger partial charge on any atom is 0.330 e. The van der Waals surface area contributed by atoms with Crippen molar-refractivity contribution in [3.63, 3.8) is 0 Å². The SMILES string of the molecule is COC(=O)/C=C/c1cc(Br)c(-c2ccc(Br)cc2F)o1. The third-order valence-corrected chi connectivity index (χ3v) is 3.55. The average Bonchev–Trinajstić information content (AvgIpc) is 2.77. The summed E-state index contributed by atoms with van der Waals surface area (Å²) in [6, 6.07) is 6.33. The van der Waals surface area contributed by atoms with Crippen molar-refractivity contribution in [2.45, 2.75) is 0 Å². The van der Waals surface area contributed by atoms with Gasteiger partial charge < -0.3 is 9.15 Å². The monoisotopic (exact) mass is 402 g/mol. The highest BCUT2D eigenvalue weighted by molar-refractivity contribution is 9.10. The number of halogens is 3. The van der Waals surface area contributed by atoms with E-state index in [4.69, 9.17) is 4.42 Å². The summed E-state index contributed by atoms with van der Waals surface area (Å²) in [6.45, 7) is 0. The second-order valence-electron chi connectivity index (χ2n) is 3.81. The number of ether oxygens (including phenoxy) is 1. The van der Waals surface area contributed by atoms with Crippen LogP contribution in [0.3, 0.4) is 0 Å².